The van der Waals surface area contributed by atoms with Crippen LogP contribution >= 0.6 is 0 Å². The molecule has 1 N–H and O–H groups in total. The van der Waals surface area contributed by atoms with Gasteiger partial charge in [-0.2, -0.15) is 0 Å². The normalized spacial score (nSPS) is 16.8. The van der Waals surface area contributed by atoms with Gasteiger partial charge in [0.15, 0.2) is 0 Å². The van der Waals surface area contributed by atoms with Crippen LogP contribution in [-0.4, -0.2) is 40.8 Å². The molecule has 1 aliphatic rings. The second-order valence-electron chi connectivity index (χ2n) is 8.38. The van der Waals surface area contributed by atoms with Gasteiger partial charge in [0, 0.05) is 24.8 Å². The standard InChI is InChI=1S/C23H26N4O2/c1-23(2,3)29-22(28)25-19-11-13-27(15-19)21-24-12-10-20(26-21)18-9-8-16-6-4-5-7-17(16)14-18/h4-10,12,14,19H,11,13,15H2,1-3H3,(H,25,28)/t19-/m1/s1. The van der Waals surface area contributed by atoms with E-state index < -0.39 is 5.60 Å². The number of carbonyl (C=O) groups excluding carboxylic acids is 1. The zero-order valence-corrected chi connectivity index (χ0v) is 17.1. The number of carbonyl (C=O) groups is 1. The van der Waals surface area contributed by atoms with Gasteiger partial charge in [-0.15, -0.1) is 0 Å². The maximum Gasteiger partial charge on any atom is 0.407 e. The minimum atomic E-state index is -0.500. The molecule has 0 saturated carbocycles. The number of benzene rings is 2. The number of nitrogens with one attached hydrogen (secondary N) is 1. The van der Waals surface area contributed by atoms with E-state index in [0.29, 0.717) is 12.5 Å². The molecule has 0 bridgehead atoms. The molecule has 0 spiro atoms. The Labute approximate surface area is 170 Å². The van der Waals surface area contributed by atoms with Crippen molar-refractivity contribution in [3.8, 4) is 11.3 Å². The number of fused-ring (bicyclic) bond motifs is 1. The van der Waals surface area contributed by atoms with E-state index >= 15 is 0 Å². The molecule has 2 heterocycles. The number of aromatic nitrogens is 2. The van der Waals surface area contributed by atoms with Crippen molar-refractivity contribution in [3.05, 3.63) is 54.7 Å². The average Bonchev–Trinajstić information content (AvgIpc) is 3.14. The fourth-order valence-electron chi connectivity index (χ4n) is 3.54. The lowest BCUT2D eigenvalue weighted by Crippen LogP contribution is -2.40. The number of rotatable bonds is 3. The SMILES string of the molecule is CC(C)(C)OC(=O)N[C@@H]1CCN(c2nccc(-c3ccc4ccccc4c3)n2)C1. The largest absolute Gasteiger partial charge is 0.444 e. The van der Waals surface area contributed by atoms with Crippen molar-refractivity contribution in [3.63, 3.8) is 0 Å². The van der Waals surface area contributed by atoms with Crippen LogP contribution in [-0.2, 0) is 4.74 Å². The fourth-order valence-corrected chi connectivity index (χ4v) is 3.54. The summed E-state index contributed by atoms with van der Waals surface area (Å²) in [5, 5.41) is 5.34. The van der Waals surface area contributed by atoms with E-state index in [1.165, 1.54) is 10.8 Å². The zero-order chi connectivity index (χ0) is 20.4. The lowest BCUT2D eigenvalue weighted by Gasteiger charge is -2.22. The molecule has 2 aromatic carbocycles. The van der Waals surface area contributed by atoms with Crippen molar-refractivity contribution in [2.45, 2.75) is 38.8 Å². The first-order chi connectivity index (χ1) is 13.9. The van der Waals surface area contributed by atoms with Crippen molar-refractivity contribution in [2.75, 3.05) is 18.0 Å². The molecule has 1 saturated heterocycles. The topological polar surface area (TPSA) is 67.3 Å². The minimum absolute atomic E-state index is 0.0257. The molecule has 1 aromatic heterocycles. The van der Waals surface area contributed by atoms with Crippen molar-refractivity contribution in [1.82, 2.24) is 15.3 Å². The summed E-state index contributed by atoms with van der Waals surface area (Å²) in [5.41, 5.74) is 1.46. The van der Waals surface area contributed by atoms with Crippen LogP contribution in [0.1, 0.15) is 27.2 Å². The Bertz CT molecular complexity index is 1030. The van der Waals surface area contributed by atoms with Crippen molar-refractivity contribution < 1.29 is 9.53 Å². The molecule has 0 unspecified atom stereocenters. The monoisotopic (exact) mass is 390 g/mol. The third-order valence-electron chi connectivity index (χ3n) is 4.88. The summed E-state index contributed by atoms with van der Waals surface area (Å²) in [6.07, 6.45) is 2.25. The van der Waals surface area contributed by atoms with Gasteiger partial charge in [-0.25, -0.2) is 14.8 Å². The van der Waals surface area contributed by atoms with Crippen LogP contribution in [0.4, 0.5) is 10.7 Å². The van der Waals surface area contributed by atoms with Gasteiger partial charge in [0.25, 0.3) is 0 Å². The highest BCUT2D eigenvalue weighted by Gasteiger charge is 2.27. The average molecular weight is 390 g/mol. The molecule has 1 fully saturated rings. The molecule has 1 aliphatic heterocycles. The molecule has 29 heavy (non-hydrogen) atoms. The lowest BCUT2D eigenvalue weighted by atomic mass is 10.1. The van der Waals surface area contributed by atoms with Crippen LogP contribution in [0.3, 0.4) is 0 Å². The molecule has 3 aromatic rings. The van der Waals surface area contributed by atoms with E-state index in [9.17, 15) is 4.79 Å². The molecule has 150 valence electrons. The van der Waals surface area contributed by atoms with Crippen molar-refractivity contribution >= 4 is 22.8 Å². The molecule has 6 nitrogen and oxygen atoms in total. The summed E-state index contributed by atoms with van der Waals surface area (Å²) in [5.74, 6) is 0.684. The van der Waals surface area contributed by atoms with E-state index in [1.807, 2.05) is 39.0 Å². The number of hydrogen-bond donors (Lipinski definition) is 1. The van der Waals surface area contributed by atoms with E-state index in [-0.39, 0.29) is 12.1 Å². The number of amides is 1. The number of ether oxygens (including phenoxy) is 1. The van der Waals surface area contributed by atoms with Gasteiger partial charge in [0.05, 0.1) is 11.7 Å². The Hall–Kier alpha value is -3.15. The third-order valence-corrected chi connectivity index (χ3v) is 4.88. The molecule has 1 atom stereocenters. The summed E-state index contributed by atoms with van der Waals surface area (Å²) in [6, 6.07) is 16.6. The molecule has 6 heteroatoms. The second-order valence-corrected chi connectivity index (χ2v) is 8.38. The number of hydrogen-bond acceptors (Lipinski definition) is 5. The van der Waals surface area contributed by atoms with Gasteiger partial charge in [-0.1, -0.05) is 36.4 Å². The lowest BCUT2D eigenvalue weighted by molar-refractivity contribution is 0.0509. The highest BCUT2D eigenvalue weighted by Crippen LogP contribution is 2.25. The number of alkyl carbamates (subject to hydrolysis) is 1. The van der Waals surface area contributed by atoms with E-state index in [0.717, 1.165) is 24.2 Å². The number of nitrogens with zero attached hydrogens (tertiary/aromatic N) is 3. The molecule has 4 rings (SSSR count). The van der Waals surface area contributed by atoms with Gasteiger partial charge in [0.1, 0.15) is 5.60 Å². The Morgan fingerprint density at radius 1 is 1.14 bits per heavy atom. The first kappa shape index (κ1) is 19.2. The summed E-state index contributed by atoms with van der Waals surface area (Å²) in [7, 11) is 0. The van der Waals surface area contributed by atoms with E-state index in [4.69, 9.17) is 9.72 Å². The van der Waals surface area contributed by atoms with Gasteiger partial charge >= 0.3 is 6.09 Å². The Morgan fingerprint density at radius 3 is 2.72 bits per heavy atom. The highest BCUT2D eigenvalue weighted by atomic mass is 16.6. The van der Waals surface area contributed by atoms with E-state index in [1.54, 1.807) is 6.20 Å². The summed E-state index contributed by atoms with van der Waals surface area (Å²) in [6.45, 7) is 7.04. The Morgan fingerprint density at radius 2 is 1.93 bits per heavy atom. The van der Waals surface area contributed by atoms with Crippen LogP contribution in [0.5, 0.6) is 0 Å². The highest BCUT2D eigenvalue weighted by molar-refractivity contribution is 5.86. The maximum absolute atomic E-state index is 12.0. The summed E-state index contributed by atoms with van der Waals surface area (Å²) >= 11 is 0. The smallest absolute Gasteiger partial charge is 0.407 e. The first-order valence-corrected chi connectivity index (χ1v) is 9.94. The predicted molar refractivity (Wildman–Crippen MR) is 115 cm³/mol. The predicted octanol–water partition coefficient (Wildman–Crippen LogP) is 4.40. The Kier molecular flexibility index (Phi) is 5.09. The first-order valence-electron chi connectivity index (χ1n) is 9.94. The second kappa shape index (κ2) is 7.70. The number of anilines is 1. The van der Waals surface area contributed by atoms with Crippen molar-refractivity contribution in [2.24, 2.45) is 0 Å². The van der Waals surface area contributed by atoms with Gasteiger partial charge in [-0.3, -0.25) is 0 Å². The molecule has 0 aliphatic carbocycles. The van der Waals surface area contributed by atoms with Crippen LogP contribution in [0.2, 0.25) is 0 Å². The quantitative estimate of drug-likeness (QED) is 0.718. The summed E-state index contributed by atoms with van der Waals surface area (Å²) < 4.78 is 5.35. The van der Waals surface area contributed by atoms with Crippen molar-refractivity contribution in [1.29, 1.82) is 0 Å². The zero-order valence-electron chi connectivity index (χ0n) is 17.1. The molecular formula is C23H26N4O2. The van der Waals surface area contributed by atoms with Crippen LogP contribution < -0.4 is 10.2 Å². The molecule has 0 radical (unpaired) electrons. The van der Waals surface area contributed by atoms with E-state index in [2.05, 4.69) is 45.5 Å². The third kappa shape index (κ3) is 4.65. The fraction of sp³-hybridized carbons (Fsp3) is 0.348. The minimum Gasteiger partial charge on any atom is -0.444 e. The van der Waals surface area contributed by atoms with Crippen LogP contribution in [0.25, 0.3) is 22.0 Å². The van der Waals surface area contributed by atoms with Gasteiger partial charge in [0.2, 0.25) is 5.95 Å². The Balaban J connectivity index is 1.47. The summed E-state index contributed by atoms with van der Waals surface area (Å²) in [4.78, 5) is 23.4. The van der Waals surface area contributed by atoms with Gasteiger partial charge < -0.3 is 15.0 Å². The molecular weight excluding hydrogens is 364 g/mol. The van der Waals surface area contributed by atoms with Crippen LogP contribution in [0, 0.1) is 0 Å². The van der Waals surface area contributed by atoms with Gasteiger partial charge in [-0.05, 0) is 50.1 Å². The molecule has 1 amide bonds. The maximum atomic E-state index is 12.0. The van der Waals surface area contributed by atoms with Crippen LogP contribution in [0.15, 0.2) is 54.7 Å².